The third kappa shape index (κ3) is 8.28. The molecule has 10 heteroatoms. The van der Waals surface area contributed by atoms with E-state index in [1.165, 1.54) is 11.0 Å². The molecule has 0 fully saturated rings. The summed E-state index contributed by atoms with van der Waals surface area (Å²) in [6.07, 6.45) is 5.64. The average Bonchev–Trinajstić information content (AvgIpc) is 2.68. The first-order valence-electron chi connectivity index (χ1n) is 8.15. The molecule has 0 unspecified atom stereocenters. The van der Waals surface area contributed by atoms with E-state index < -0.39 is 40.8 Å². The van der Waals surface area contributed by atoms with Crippen LogP contribution in [0.15, 0.2) is 12.2 Å². The smallest absolute Gasteiger partial charge is 0.311 e. The molecule has 0 radical (unpaired) electrons. The molecule has 0 bridgehead atoms. The first-order valence-corrected chi connectivity index (χ1v) is 8.15. The highest BCUT2D eigenvalue weighted by Gasteiger charge is 2.28. The second-order valence-corrected chi connectivity index (χ2v) is 5.43. The number of amides is 1. The summed E-state index contributed by atoms with van der Waals surface area (Å²) >= 11 is 0. The minimum absolute atomic E-state index is 0.260. The van der Waals surface area contributed by atoms with E-state index in [-0.39, 0.29) is 12.8 Å². The molecule has 1 rings (SSSR count). The molecule has 0 aliphatic carbocycles. The van der Waals surface area contributed by atoms with Crippen LogP contribution in [0.5, 0.6) is 5.75 Å². The minimum atomic E-state index is -2.32. The van der Waals surface area contributed by atoms with Gasteiger partial charge in [0.05, 0.1) is 0 Å². The molecular weight excluding hydrogens is 389 g/mol. The Kier molecular flexibility index (Phi) is 12.1. The second kappa shape index (κ2) is 13.4. The highest BCUT2D eigenvalue weighted by Crippen LogP contribution is 2.29. The number of rotatable bonds is 9. The van der Waals surface area contributed by atoms with Crippen LogP contribution >= 0.6 is 0 Å². The number of hydrogen-bond donors (Lipinski definition) is 0. The van der Waals surface area contributed by atoms with Crippen LogP contribution in [0, 0.1) is 29.1 Å². The number of esters is 1. The van der Waals surface area contributed by atoms with Gasteiger partial charge in [0.15, 0.2) is 0 Å². The molecule has 28 heavy (non-hydrogen) atoms. The summed E-state index contributed by atoms with van der Waals surface area (Å²) < 4.78 is 69.5. The van der Waals surface area contributed by atoms with E-state index in [1.54, 1.807) is 20.0 Å². The van der Waals surface area contributed by atoms with E-state index in [0.29, 0.717) is 25.8 Å². The van der Waals surface area contributed by atoms with Crippen molar-refractivity contribution in [1.82, 2.24) is 4.90 Å². The Morgan fingerprint density at radius 3 is 1.89 bits per heavy atom. The van der Waals surface area contributed by atoms with Gasteiger partial charge in [0.25, 0.3) is 0 Å². The predicted molar refractivity (Wildman–Crippen MR) is 89.9 cm³/mol. The van der Waals surface area contributed by atoms with E-state index >= 15 is 0 Å². The van der Waals surface area contributed by atoms with Gasteiger partial charge in [0.2, 0.25) is 41.2 Å². The van der Waals surface area contributed by atoms with Crippen LogP contribution in [-0.4, -0.2) is 37.2 Å². The lowest BCUT2D eigenvalue weighted by atomic mass is 10.2. The maximum Gasteiger partial charge on any atom is 0.311 e. The van der Waals surface area contributed by atoms with Crippen molar-refractivity contribution in [3.8, 4) is 5.75 Å². The van der Waals surface area contributed by atoms with Crippen LogP contribution in [0.2, 0.25) is 0 Å². The molecule has 0 saturated carbocycles. The highest BCUT2D eigenvalue weighted by atomic mass is 19.2. The van der Waals surface area contributed by atoms with E-state index in [4.69, 9.17) is 0 Å². The average molecular weight is 409 g/mol. The van der Waals surface area contributed by atoms with E-state index in [1.807, 2.05) is 0 Å². The van der Waals surface area contributed by atoms with Crippen LogP contribution in [0.1, 0.15) is 32.6 Å². The first kappa shape index (κ1) is 25.2. The molecule has 5 nitrogen and oxygen atoms in total. The Balaban J connectivity index is 0.00000129. The molecule has 0 aliphatic heterocycles. The third-order valence-electron chi connectivity index (χ3n) is 3.23. The van der Waals surface area contributed by atoms with Crippen molar-refractivity contribution >= 4 is 18.7 Å². The van der Waals surface area contributed by atoms with Gasteiger partial charge in [-0.15, -0.1) is 0 Å². The molecule has 0 atom stereocenters. The maximum absolute atomic E-state index is 13.3. The SMILES string of the molecule is C/C=C\C=O.CN(C=O)CCCCCC(=O)Oc1c(F)c(F)c(F)c(F)c1F. The molecule has 0 heterocycles. The monoisotopic (exact) mass is 409 g/mol. The minimum Gasteiger partial charge on any atom is -0.420 e. The Morgan fingerprint density at radius 1 is 0.929 bits per heavy atom. The number of ether oxygens (including phenoxy) is 1. The number of carbonyl (C=O) groups is 3. The zero-order valence-corrected chi connectivity index (χ0v) is 15.3. The molecule has 0 saturated heterocycles. The van der Waals surface area contributed by atoms with Gasteiger partial charge < -0.3 is 9.64 Å². The van der Waals surface area contributed by atoms with E-state index in [0.717, 1.165) is 6.29 Å². The largest absolute Gasteiger partial charge is 0.420 e. The molecule has 0 N–H and O–H groups in total. The van der Waals surface area contributed by atoms with Gasteiger partial charge in [-0.2, -0.15) is 8.78 Å². The molecule has 0 aliphatic rings. The van der Waals surface area contributed by atoms with Gasteiger partial charge in [0.1, 0.15) is 6.29 Å². The molecule has 1 aromatic rings. The fraction of sp³-hybridized carbons (Fsp3) is 0.389. The highest BCUT2D eigenvalue weighted by molar-refractivity contribution is 5.72. The molecule has 1 amide bonds. The van der Waals surface area contributed by atoms with Gasteiger partial charge >= 0.3 is 5.97 Å². The van der Waals surface area contributed by atoms with Crippen molar-refractivity contribution in [3.63, 3.8) is 0 Å². The Bertz CT molecular complexity index is 681. The summed E-state index contributed by atoms with van der Waals surface area (Å²) in [6, 6.07) is 0. The van der Waals surface area contributed by atoms with Crippen molar-refractivity contribution in [1.29, 1.82) is 0 Å². The van der Waals surface area contributed by atoms with E-state index in [9.17, 15) is 36.3 Å². The maximum atomic E-state index is 13.3. The zero-order chi connectivity index (χ0) is 21.7. The lowest BCUT2D eigenvalue weighted by Crippen LogP contribution is -2.17. The number of aldehydes is 1. The van der Waals surface area contributed by atoms with Gasteiger partial charge in [-0.1, -0.05) is 12.5 Å². The molecule has 0 aromatic heterocycles. The van der Waals surface area contributed by atoms with Gasteiger partial charge in [-0.3, -0.25) is 14.4 Å². The summed E-state index contributed by atoms with van der Waals surface area (Å²) in [6.45, 7) is 2.27. The molecule has 1 aromatic carbocycles. The number of benzene rings is 1. The topological polar surface area (TPSA) is 63.7 Å². The molecular formula is C18H20F5NO4. The van der Waals surface area contributed by atoms with E-state index in [2.05, 4.69) is 4.74 Å². The quantitative estimate of drug-likeness (QED) is 0.0912. The van der Waals surface area contributed by atoms with Crippen molar-refractivity contribution in [3.05, 3.63) is 41.2 Å². The number of unbranched alkanes of at least 4 members (excludes halogenated alkanes) is 2. The van der Waals surface area contributed by atoms with Crippen LogP contribution in [0.25, 0.3) is 0 Å². The van der Waals surface area contributed by atoms with Crippen molar-refractivity contribution in [2.24, 2.45) is 0 Å². The van der Waals surface area contributed by atoms with Crippen LogP contribution in [0.3, 0.4) is 0 Å². The van der Waals surface area contributed by atoms with Gasteiger partial charge in [0, 0.05) is 20.0 Å². The first-order chi connectivity index (χ1) is 13.2. The number of allylic oxidation sites excluding steroid dienone is 2. The number of nitrogens with zero attached hydrogens (tertiary/aromatic N) is 1. The summed E-state index contributed by atoms with van der Waals surface area (Å²) in [5, 5.41) is 0. The van der Waals surface area contributed by atoms with Crippen LogP contribution in [-0.2, 0) is 14.4 Å². The molecule has 0 spiro atoms. The summed E-state index contributed by atoms with van der Waals surface area (Å²) in [5.41, 5.74) is 0. The number of carbonyl (C=O) groups excluding carboxylic acids is 3. The Labute approximate surface area is 158 Å². The van der Waals surface area contributed by atoms with Gasteiger partial charge in [-0.05, 0) is 25.8 Å². The Morgan fingerprint density at radius 2 is 1.46 bits per heavy atom. The number of halogens is 5. The number of hydrogen-bond acceptors (Lipinski definition) is 4. The summed E-state index contributed by atoms with van der Waals surface area (Å²) in [5.74, 6) is -13.8. The standard InChI is InChI=1S/C14H14F5NO3.C4H6O/c1-20(7-21)6-4-2-3-5-8(22)23-14-12(18)10(16)9(15)11(17)13(14)19;1-2-3-4-5/h7H,2-6H2,1H3;2-4H,1H3/b;3-2-. The second-order valence-electron chi connectivity index (χ2n) is 5.43. The van der Waals surface area contributed by atoms with Crippen LogP contribution in [0.4, 0.5) is 22.0 Å². The van der Waals surface area contributed by atoms with Gasteiger partial charge in [-0.25, -0.2) is 13.2 Å². The fourth-order valence-corrected chi connectivity index (χ4v) is 1.78. The zero-order valence-electron chi connectivity index (χ0n) is 15.3. The summed E-state index contributed by atoms with van der Waals surface area (Å²) in [4.78, 5) is 32.4. The van der Waals surface area contributed by atoms with Crippen molar-refractivity contribution in [2.75, 3.05) is 13.6 Å². The fourth-order valence-electron chi connectivity index (χ4n) is 1.78. The van der Waals surface area contributed by atoms with Crippen molar-refractivity contribution < 1.29 is 41.1 Å². The van der Waals surface area contributed by atoms with Crippen molar-refractivity contribution in [2.45, 2.75) is 32.6 Å². The molecule has 156 valence electrons. The van der Waals surface area contributed by atoms with Crippen LogP contribution < -0.4 is 4.74 Å². The normalized spacial score (nSPS) is 10.2. The lowest BCUT2D eigenvalue weighted by Gasteiger charge is -2.10. The lowest BCUT2D eigenvalue weighted by molar-refractivity contribution is -0.135. The third-order valence-corrected chi connectivity index (χ3v) is 3.23. The predicted octanol–water partition coefficient (Wildman–Crippen LogP) is 3.70. The summed E-state index contributed by atoms with van der Waals surface area (Å²) in [7, 11) is 1.57. The Hall–Kier alpha value is -2.78.